The van der Waals surface area contributed by atoms with Gasteiger partial charge in [0.15, 0.2) is 0 Å². The number of hydrogen-bond donors (Lipinski definition) is 2. The second-order valence-electron chi connectivity index (χ2n) is 6.18. The van der Waals surface area contributed by atoms with Crippen molar-refractivity contribution in [1.82, 2.24) is 10.6 Å². The largest absolute Gasteiger partial charge is 0.375 e. The Morgan fingerprint density at radius 3 is 2.27 bits per heavy atom. The summed E-state index contributed by atoms with van der Waals surface area (Å²) in [6.45, 7) is 22.6. The van der Waals surface area contributed by atoms with Crippen LogP contribution in [0.4, 0.5) is 0 Å². The van der Waals surface area contributed by atoms with Gasteiger partial charge in [-0.05, 0) is 44.4 Å². The van der Waals surface area contributed by atoms with E-state index in [0.29, 0.717) is 18.8 Å². The van der Waals surface area contributed by atoms with Crippen LogP contribution < -0.4 is 10.6 Å². The number of carbonyl (C=O) groups excluding carboxylic acids is 1. The lowest BCUT2D eigenvalue weighted by Crippen LogP contribution is -2.32. The highest BCUT2D eigenvalue weighted by Crippen LogP contribution is 2.09. The Bertz CT molecular complexity index is 659. The molecule has 4 heteroatoms. The zero-order chi connectivity index (χ0) is 23.4. The highest BCUT2D eigenvalue weighted by Gasteiger charge is 2.09. The maximum absolute atomic E-state index is 12.2. The van der Waals surface area contributed by atoms with E-state index in [-0.39, 0.29) is 12.0 Å². The Balaban J connectivity index is 0. The second-order valence-corrected chi connectivity index (χ2v) is 6.18. The highest BCUT2D eigenvalue weighted by atomic mass is 16.5. The van der Waals surface area contributed by atoms with Crippen LogP contribution in [0, 0.1) is 0 Å². The first kappa shape index (κ1) is 29.6. The molecule has 2 N–H and O–H groups in total. The third-order valence-corrected chi connectivity index (χ3v) is 3.63. The van der Waals surface area contributed by atoms with Crippen LogP contribution in [0.25, 0.3) is 0 Å². The molecular weight excluding hydrogens is 372 g/mol. The van der Waals surface area contributed by atoms with Crippen molar-refractivity contribution in [3.63, 3.8) is 0 Å². The van der Waals surface area contributed by atoms with Gasteiger partial charge in [-0.2, -0.15) is 0 Å². The van der Waals surface area contributed by atoms with Crippen LogP contribution in [0.15, 0.2) is 78.7 Å². The molecule has 0 aliphatic carbocycles. The van der Waals surface area contributed by atoms with Crippen LogP contribution in [0.5, 0.6) is 0 Å². The smallest absolute Gasteiger partial charge is 0.267 e. The first-order valence-electron chi connectivity index (χ1n) is 10.8. The molecule has 0 aliphatic heterocycles. The minimum atomic E-state index is -0.220. The van der Waals surface area contributed by atoms with Crippen molar-refractivity contribution in [2.24, 2.45) is 0 Å². The molecule has 1 aromatic carbocycles. The lowest BCUT2D eigenvalue weighted by Gasteiger charge is -2.14. The summed E-state index contributed by atoms with van der Waals surface area (Å²) in [6, 6.07) is 10.0. The van der Waals surface area contributed by atoms with Crippen LogP contribution in [0.2, 0.25) is 0 Å². The fourth-order valence-corrected chi connectivity index (χ4v) is 2.16. The molecule has 168 valence electrons. The Morgan fingerprint density at radius 1 is 1.13 bits per heavy atom. The molecule has 0 atom stereocenters. The zero-order valence-corrected chi connectivity index (χ0v) is 20.0. The van der Waals surface area contributed by atoms with Crippen LogP contribution in [-0.2, 0) is 16.0 Å². The van der Waals surface area contributed by atoms with Gasteiger partial charge in [0, 0.05) is 12.2 Å². The summed E-state index contributed by atoms with van der Waals surface area (Å²) in [5, 5.41) is 5.94. The molecule has 4 nitrogen and oxygen atoms in total. The molecule has 0 fully saturated rings. The lowest BCUT2D eigenvalue weighted by molar-refractivity contribution is -0.117. The van der Waals surface area contributed by atoms with E-state index in [1.165, 1.54) is 5.56 Å². The summed E-state index contributed by atoms with van der Waals surface area (Å²) < 4.78 is 5.53. The minimum Gasteiger partial charge on any atom is -0.375 e. The normalized spacial score (nSPS) is 10.8. The van der Waals surface area contributed by atoms with E-state index in [0.717, 1.165) is 17.7 Å². The van der Waals surface area contributed by atoms with Crippen molar-refractivity contribution in [2.45, 2.75) is 61.0 Å². The topological polar surface area (TPSA) is 50.4 Å². The predicted molar refractivity (Wildman–Crippen MR) is 131 cm³/mol. The van der Waals surface area contributed by atoms with Gasteiger partial charge in [0.1, 0.15) is 0 Å². The summed E-state index contributed by atoms with van der Waals surface area (Å²) >= 11 is 0. The van der Waals surface area contributed by atoms with Crippen LogP contribution in [-0.4, -0.2) is 25.2 Å². The number of rotatable bonds is 11. The van der Waals surface area contributed by atoms with E-state index in [1.807, 2.05) is 91.0 Å². The average molecular weight is 415 g/mol. The number of ether oxygens (including phenoxy) is 1. The fourth-order valence-electron chi connectivity index (χ4n) is 2.16. The van der Waals surface area contributed by atoms with E-state index in [1.54, 1.807) is 6.08 Å². The number of nitrogens with one attached hydrogen (secondary N) is 2. The Labute approximate surface area is 184 Å². The standard InChI is InChI=1S/C22H30N2O2.2C2H6/c1-6-10-21(18(4)14-16-26-17(2)3)24-19(5)22(25)23-15-13-20-11-8-7-9-12-20;2*1-2/h6-12,14,17,24H,1,5,13,15-16H2,2-4H3,(H,23,25);2*1-2H3/b18-14-,21-10+;;. The molecule has 0 heterocycles. The van der Waals surface area contributed by atoms with Crippen LogP contribution in [0.3, 0.4) is 0 Å². The molecule has 0 aromatic heterocycles. The van der Waals surface area contributed by atoms with Crippen molar-refractivity contribution in [3.8, 4) is 0 Å². The highest BCUT2D eigenvalue weighted by molar-refractivity contribution is 5.92. The Morgan fingerprint density at radius 2 is 1.73 bits per heavy atom. The van der Waals surface area contributed by atoms with Crippen molar-refractivity contribution in [3.05, 3.63) is 84.2 Å². The quantitative estimate of drug-likeness (QED) is 0.348. The van der Waals surface area contributed by atoms with Gasteiger partial charge in [-0.3, -0.25) is 4.79 Å². The zero-order valence-electron chi connectivity index (χ0n) is 20.0. The molecule has 0 saturated carbocycles. The van der Waals surface area contributed by atoms with Gasteiger partial charge in [-0.25, -0.2) is 0 Å². The van der Waals surface area contributed by atoms with E-state index in [2.05, 4.69) is 23.8 Å². The number of hydrogen-bond acceptors (Lipinski definition) is 3. The molecule has 1 rings (SSSR count). The van der Waals surface area contributed by atoms with E-state index < -0.39 is 0 Å². The van der Waals surface area contributed by atoms with E-state index in [9.17, 15) is 4.79 Å². The predicted octanol–water partition coefficient (Wildman–Crippen LogP) is 5.94. The van der Waals surface area contributed by atoms with Crippen molar-refractivity contribution < 1.29 is 9.53 Å². The van der Waals surface area contributed by atoms with Crippen molar-refractivity contribution in [2.75, 3.05) is 13.2 Å². The maximum Gasteiger partial charge on any atom is 0.267 e. The number of amides is 1. The van der Waals surface area contributed by atoms with Gasteiger partial charge in [-0.15, -0.1) is 0 Å². The summed E-state index contributed by atoms with van der Waals surface area (Å²) in [5.41, 5.74) is 3.21. The SMILES string of the molecule is C=C/C=C(NC(=C)C(=O)NCCc1ccccc1)\C(C)=C/COC(C)C.CC.CC. The summed E-state index contributed by atoms with van der Waals surface area (Å²) in [7, 11) is 0. The third kappa shape index (κ3) is 14.4. The first-order chi connectivity index (χ1) is 14.4. The minimum absolute atomic E-state index is 0.171. The number of benzene rings is 1. The average Bonchev–Trinajstić information content (AvgIpc) is 2.76. The monoisotopic (exact) mass is 414 g/mol. The van der Waals surface area contributed by atoms with Gasteiger partial charge in [-0.1, -0.05) is 83.3 Å². The van der Waals surface area contributed by atoms with Crippen LogP contribution in [0.1, 0.15) is 54.0 Å². The van der Waals surface area contributed by atoms with E-state index in [4.69, 9.17) is 4.74 Å². The third-order valence-electron chi connectivity index (χ3n) is 3.63. The van der Waals surface area contributed by atoms with Gasteiger partial charge < -0.3 is 15.4 Å². The fraction of sp³-hybridized carbons (Fsp3) is 0.423. The van der Waals surface area contributed by atoms with Crippen molar-refractivity contribution >= 4 is 5.91 Å². The number of allylic oxidation sites excluding steroid dienone is 3. The van der Waals surface area contributed by atoms with Gasteiger partial charge in [0.05, 0.1) is 18.4 Å². The molecule has 1 aromatic rings. The second kappa shape index (κ2) is 19.7. The van der Waals surface area contributed by atoms with Crippen LogP contribution >= 0.6 is 0 Å². The summed E-state index contributed by atoms with van der Waals surface area (Å²) in [4.78, 5) is 12.2. The molecule has 0 radical (unpaired) electrons. The Hall–Kier alpha value is -2.59. The molecule has 30 heavy (non-hydrogen) atoms. The number of carbonyl (C=O) groups is 1. The van der Waals surface area contributed by atoms with Gasteiger partial charge >= 0.3 is 0 Å². The lowest BCUT2D eigenvalue weighted by atomic mass is 10.1. The molecule has 0 aliphatic rings. The molecule has 0 bridgehead atoms. The molecule has 0 spiro atoms. The Kier molecular flexibility index (Phi) is 19.5. The molecule has 1 amide bonds. The summed E-state index contributed by atoms with van der Waals surface area (Å²) in [5.74, 6) is -0.220. The first-order valence-corrected chi connectivity index (χ1v) is 10.8. The van der Waals surface area contributed by atoms with Gasteiger partial charge in [0.25, 0.3) is 5.91 Å². The maximum atomic E-state index is 12.2. The molecule has 0 saturated heterocycles. The van der Waals surface area contributed by atoms with Gasteiger partial charge in [0.2, 0.25) is 0 Å². The van der Waals surface area contributed by atoms with E-state index >= 15 is 0 Å². The summed E-state index contributed by atoms with van der Waals surface area (Å²) in [6.07, 6.45) is 6.39. The molecule has 0 unspecified atom stereocenters. The molecular formula is C26H42N2O2. The van der Waals surface area contributed by atoms with Crippen molar-refractivity contribution in [1.29, 1.82) is 0 Å².